The zero-order valence-electron chi connectivity index (χ0n) is 15.7. The second-order valence-electron chi connectivity index (χ2n) is 6.37. The monoisotopic (exact) mass is 361 g/mol. The minimum atomic E-state index is -0.162. The average Bonchev–Trinajstić information content (AvgIpc) is 2.69. The zero-order valence-corrected chi connectivity index (χ0v) is 15.7. The standard InChI is InChI=1S/C22H23N3O2/c1-15-8-9-19(16(2)12-15)25-22(26)17-10-11-23-21(13-17)24-14-18-6-4-5-7-20(18)27-3/h4-13H,14H2,1-3H3,(H,23,24)(H,25,26). The molecular formula is C22H23N3O2. The van der Waals surface area contributed by atoms with Crippen LogP contribution in [-0.2, 0) is 6.54 Å². The fraction of sp³-hybridized carbons (Fsp3) is 0.182. The van der Waals surface area contributed by atoms with E-state index in [1.807, 2.05) is 56.3 Å². The molecule has 0 aliphatic carbocycles. The van der Waals surface area contributed by atoms with Crippen molar-refractivity contribution in [3.8, 4) is 5.75 Å². The maximum absolute atomic E-state index is 12.6. The molecule has 0 bridgehead atoms. The van der Waals surface area contributed by atoms with Crippen molar-refractivity contribution in [3.63, 3.8) is 0 Å². The van der Waals surface area contributed by atoms with Crippen molar-refractivity contribution in [2.45, 2.75) is 20.4 Å². The van der Waals surface area contributed by atoms with E-state index in [2.05, 4.69) is 15.6 Å². The van der Waals surface area contributed by atoms with Crippen LogP contribution in [-0.4, -0.2) is 18.0 Å². The molecule has 5 heteroatoms. The topological polar surface area (TPSA) is 63.2 Å². The summed E-state index contributed by atoms with van der Waals surface area (Å²) in [6, 6.07) is 17.2. The number of methoxy groups -OCH3 is 1. The molecular weight excluding hydrogens is 338 g/mol. The van der Waals surface area contributed by atoms with Gasteiger partial charge >= 0.3 is 0 Å². The number of aryl methyl sites for hydroxylation is 2. The van der Waals surface area contributed by atoms with Gasteiger partial charge in [0.2, 0.25) is 0 Å². The Morgan fingerprint density at radius 1 is 1.07 bits per heavy atom. The highest BCUT2D eigenvalue weighted by molar-refractivity contribution is 6.05. The maximum Gasteiger partial charge on any atom is 0.255 e. The number of carbonyl (C=O) groups is 1. The number of hydrogen-bond acceptors (Lipinski definition) is 4. The van der Waals surface area contributed by atoms with E-state index in [0.717, 1.165) is 28.1 Å². The number of nitrogens with zero attached hydrogens (tertiary/aromatic N) is 1. The van der Waals surface area contributed by atoms with Crippen LogP contribution in [0.4, 0.5) is 11.5 Å². The molecule has 0 radical (unpaired) electrons. The van der Waals surface area contributed by atoms with Gasteiger partial charge < -0.3 is 15.4 Å². The minimum Gasteiger partial charge on any atom is -0.496 e. The highest BCUT2D eigenvalue weighted by atomic mass is 16.5. The summed E-state index contributed by atoms with van der Waals surface area (Å²) < 4.78 is 5.36. The van der Waals surface area contributed by atoms with Crippen LogP contribution in [0, 0.1) is 13.8 Å². The molecule has 0 saturated carbocycles. The molecule has 27 heavy (non-hydrogen) atoms. The molecule has 0 saturated heterocycles. The number of pyridine rings is 1. The largest absolute Gasteiger partial charge is 0.496 e. The maximum atomic E-state index is 12.6. The second-order valence-corrected chi connectivity index (χ2v) is 6.37. The Hall–Kier alpha value is -3.34. The third kappa shape index (κ3) is 4.64. The van der Waals surface area contributed by atoms with Crippen molar-refractivity contribution in [3.05, 3.63) is 83.0 Å². The molecule has 1 heterocycles. The van der Waals surface area contributed by atoms with Crippen LogP contribution in [0.2, 0.25) is 0 Å². The van der Waals surface area contributed by atoms with Crippen LogP contribution in [0.1, 0.15) is 27.0 Å². The predicted molar refractivity (Wildman–Crippen MR) is 108 cm³/mol. The summed E-state index contributed by atoms with van der Waals surface area (Å²) in [5, 5.41) is 6.20. The molecule has 3 rings (SSSR count). The van der Waals surface area contributed by atoms with E-state index in [1.165, 1.54) is 0 Å². The summed E-state index contributed by atoms with van der Waals surface area (Å²) >= 11 is 0. The van der Waals surface area contributed by atoms with E-state index in [4.69, 9.17) is 4.74 Å². The van der Waals surface area contributed by atoms with E-state index >= 15 is 0 Å². The summed E-state index contributed by atoms with van der Waals surface area (Å²) in [6.45, 7) is 4.57. The van der Waals surface area contributed by atoms with Crippen molar-refractivity contribution in [1.82, 2.24) is 4.98 Å². The third-order valence-corrected chi connectivity index (χ3v) is 4.30. The second kappa shape index (κ2) is 8.36. The van der Waals surface area contributed by atoms with Gasteiger partial charge in [0.25, 0.3) is 5.91 Å². The lowest BCUT2D eigenvalue weighted by molar-refractivity contribution is 0.102. The van der Waals surface area contributed by atoms with Gasteiger partial charge in [0.1, 0.15) is 11.6 Å². The predicted octanol–water partition coefficient (Wildman–Crippen LogP) is 4.57. The van der Waals surface area contributed by atoms with Crippen LogP contribution in [0.25, 0.3) is 0 Å². The lowest BCUT2D eigenvalue weighted by atomic mass is 10.1. The van der Waals surface area contributed by atoms with E-state index in [0.29, 0.717) is 17.9 Å². The summed E-state index contributed by atoms with van der Waals surface area (Å²) in [4.78, 5) is 16.9. The van der Waals surface area contributed by atoms with E-state index < -0.39 is 0 Å². The van der Waals surface area contributed by atoms with Gasteiger partial charge in [0.15, 0.2) is 0 Å². The van der Waals surface area contributed by atoms with Crippen molar-refractivity contribution >= 4 is 17.4 Å². The van der Waals surface area contributed by atoms with Crippen LogP contribution >= 0.6 is 0 Å². The minimum absolute atomic E-state index is 0.162. The Labute approximate surface area is 159 Å². The number of para-hydroxylation sites is 1. The molecule has 2 N–H and O–H groups in total. The fourth-order valence-corrected chi connectivity index (χ4v) is 2.85. The van der Waals surface area contributed by atoms with Gasteiger partial charge in [0.05, 0.1) is 7.11 Å². The van der Waals surface area contributed by atoms with Crippen molar-refractivity contribution in [2.24, 2.45) is 0 Å². The first-order chi connectivity index (χ1) is 13.1. The number of hydrogen-bond donors (Lipinski definition) is 2. The Morgan fingerprint density at radius 2 is 1.89 bits per heavy atom. The molecule has 1 aromatic heterocycles. The van der Waals surface area contributed by atoms with Crippen molar-refractivity contribution < 1.29 is 9.53 Å². The Kier molecular flexibility index (Phi) is 5.71. The number of rotatable bonds is 6. The Balaban J connectivity index is 1.70. The molecule has 0 fully saturated rings. The fourth-order valence-electron chi connectivity index (χ4n) is 2.85. The molecule has 0 aliphatic heterocycles. The normalized spacial score (nSPS) is 10.3. The molecule has 3 aromatic rings. The van der Waals surface area contributed by atoms with Crippen LogP contribution < -0.4 is 15.4 Å². The lowest BCUT2D eigenvalue weighted by Gasteiger charge is -2.12. The van der Waals surface area contributed by atoms with Crippen molar-refractivity contribution in [1.29, 1.82) is 0 Å². The molecule has 0 aliphatic rings. The quantitative estimate of drug-likeness (QED) is 0.675. The summed E-state index contributed by atoms with van der Waals surface area (Å²) in [5.74, 6) is 1.28. The number of ether oxygens (including phenoxy) is 1. The lowest BCUT2D eigenvalue weighted by Crippen LogP contribution is -2.13. The number of aromatic nitrogens is 1. The molecule has 1 amide bonds. The average molecular weight is 361 g/mol. The van der Waals surface area contributed by atoms with Gasteiger partial charge in [-0.1, -0.05) is 35.9 Å². The van der Waals surface area contributed by atoms with Crippen molar-refractivity contribution in [2.75, 3.05) is 17.7 Å². The molecule has 0 unspecified atom stereocenters. The summed E-state index contributed by atoms with van der Waals surface area (Å²) in [6.07, 6.45) is 1.63. The zero-order chi connectivity index (χ0) is 19.2. The number of anilines is 2. The molecule has 5 nitrogen and oxygen atoms in total. The molecule has 2 aromatic carbocycles. The third-order valence-electron chi connectivity index (χ3n) is 4.30. The first-order valence-electron chi connectivity index (χ1n) is 8.77. The highest BCUT2D eigenvalue weighted by Crippen LogP contribution is 2.20. The van der Waals surface area contributed by atoms with E-state index in [1.54, 1.807) is 25.4 Å². The summed E-state index contributed by atoms with van der Waals surface area (Å²) in [5.41, 5.74) is 4.58. The Morgan fingerprint density at radius 3 is 2.67 bits per heavy atom. The number of amides is 1. The highest BCUT2D eigenvalue weighted by Gasteiger charge is 2.09. The van der Waals surface area contributed by atoms with E-state index in [9.17, 15) is 4.79 Å². The first kappa shape index (κ1) is 18.5. The molecule has 0 atom stereocenters. The van der Waals surface area contributed by atoms with Gasteiger partial charge in [-0.3, -0.25) is 4.79 Å². The smallest absolute Gasteiger partial charge is 0.255 e. The van der Waals surface area contributed by atoms with Crippen LogP contribution in [0.3, 0.4) is 0 Å². The van der Waals surface area contributed by atoms with Gasteiger partial charge in [-0.05, 0) is 43.7 Å². The number of carbonyl (C=O) groups excluding carboxylic acids is 1. The SMILES string of the molecule is COc1ccccc1CNc1cc(C(=O)Nc2ccc(C)cc2C)ccn1. The molecule has 0 spiro atoms. The van der Waals surface area contributed by atoms with Gasteiger partial charge in [-0.15, -0.1) is 0 Å². The van der Waals surface area contributed by atoms with Gasteiger partial charge in [-0.2, -0.15) is 0 Å². The summed E-state index contributed by atoms with van der Waals surface area (Å²) in [7, 11) is 1.65. The number of nitrogens with one attached hydrogen (secondary N) is 2. The van der Waals surface area contributed by atoms with Crippen LogP contribution in [0.15, 0.2) is 60.8 Å². The molecule has 138 valence electrons. The van der Waals surface area contributed by atoms with Gasteiger partial charge in [0, 0.05) is 29.6 Å². The Bertz CT molecular complexity index is 954. The first-order valence-corrected chi connectivity index (χ1v) is 8.77. The van der Waals surface area contributed by atoms with Gasteiger partial charge in [-0.25, -0.2) is 4.98 Å². The number of benzene rings is 2. The van der Waals surface area contributed by atoms with E-state index in [-0.39, 0.29) is 5.91 Å². The van der Waals surface area contributed by atoms with Crippen LogP contribution in [0.5, 0.6) is 5.75 Å².